The Morgan fingerprint density at radius 2 is 1.11 bits per heavy atom. The third kappa shape index (κ3) is 1.97. The largest absolute Gasteiger partial charge is 0.492 e. The van der Waals surface area contributed by atoms with E-state index in [9.17, 15) is 0 Å². The summed E-state index contributed by atoms with van der Waals surface area (Å²) in [4.78, 5) is 9.09. The molecule has 0 aliphatic carbocycles. The minimum Gasteiger partial charge on any atom is -0.492 e. The van der Waals surface area contributed by atoms with Crippen molar-refractivity contribution in [2.75, 3.05) is 14.2 Å². The summed E-state index contributed by atoms with van der Waals surface area (Å²) in [5.74, 6) is 1.21. The van der Waals surface area contributed by atoms with E-state index in [2.05, 4.69) is 41.8 Å². The Morgan fingerprint density at radius 3 is 1.39 bits per heavy atom. The number of rotatable bonds is 2. The van der Waals surface area contributed by atoms with Crippen LogP contribution in [0.3, 0.4) is 0 Å². The molecule has 4 nitrogen and oxygen atoms in total. The van der Waals surface area contributed by atoms with Gasteiger partial charge >= 0.3 is 0 Å². The maximum Gasteiger partial charge on any atom is 0.178 e. The third-order valence-electron chi connectivity index (χ3n) is 2.74. The number of hydrogen-bond acceptors (Lipinski definition) is 4. The van der Waals surface area contributed by atoms with E-state index in [0.29, 0.717) is 11.5 Å². The molecule has 0 bridgehead atoms. The summed E-state index contributed by atoms with van der Waals surface area (Å²) in [7, 11) is 3.19. The fourth-order valence-electron chi connectivity index (χ4n) is 1.69. The third-order valence-corrected chi connectivity index (χ3v) is 4.21. The lowest BCUT2D eigenvalue weighted by atomic mass is 10.2. The first-order valence-corrected chi connectivity index (χ1v) is 6.83. The van der Waals surface area contributed by atoms with E-state index in [1.54, 1.807) is 14.2 Å². The van der Waals surface area contributed by atoms with Crippen LogP contribution < -0.4 is 9.47 Å². The number of halogens is 2. The van der Waals surface area contributed by atoms with Crippen LogP contribution in [0.15, 0.2) is 8.95 Å². The quantitative estimate of drug-likeness (QED) is 0.800. The smallest absolute Gasteiger partial charge is 0.178 e. The van der Waals surface area contributed by atoms with E-state index < -0.39 is 0 Å². The molecule has 0 radical (unpaired) electrons. The fourth-order valence-corrected chi connectivity index (χ4v) is 2.92. The molecule has 1 aromatic carbocycles. The van der Waals surface area contributed by atoms with Crippen LogP contribution in [0.5, 0.6) is 11.5 Å². The molecule has 1 aromatic heterocycles. The number of benzene rings is 1. The zero-order valence-corrected chi connectivity index (χ0v) is 13.6. The van der Waals surface area contributed by atoms with Gasteiger partial charge in [-0.3, -0.25) is 0 Å². The summed E-state index contributed by atoms with van der Waals surface area (Å²) in [6.45, 7) is 3.86. The second kappa shape index (κ2) is 5.01. The van der Waals surface area contributed by atoms with Crippen molar-refractivity contribution >= 4 is 42.9 Å². The summed E-state index contributed by atoms with van der Waals surface area (Å²) < 4.78 is 12.2. The highest BCUT2D eigenvalue weighted by Gasteiger charge is 2.20. The van der Waals surface area contributed by atoms with Gasteiger partial charge in [-0.15, -0.1) is 0 Å². The van der Waals surface area contributed by atoms with Crippen molar-refractivity contribution in [2.45, 2.75) is 13.8 Å². The van der Waals surface area contributed by atoms with Crippen molar-refractivity contribution in [3.05, 3.63) is 20.3 Å². The van der Waals surface area contributed by atoms with Crippen LogP contribution in [0.1, 0.15) is 11.4 Å². The van der Waals surface area contributed by atoms with E-state index in [0.717, 1.165) is 31.4 Å². The van der Waals surface area contributed by atoms with Crippen molar-refractivity contribution in [3.63, 3.8) is 0 Å². The van der Waals surface area contributed by atoms with E-state index >= 15 is 0 Å². The van der Waals surface area contributed by atoms with Gasteiger partial charge < -0.3 is 9.47 Å². The van der Waals surface area contributed by atoms with Gasteiger partial charge in [-0.1, -0.05) is 0 Å². The van der Waals surface area contributed by atoms with Crippen LogP contribution in [-0.2, 0) is 0 Å². The van der Waals surface area contributed by atoms with Gasteiger partial charge in [0, 0.05) is 0 Å². The molecule has 0 N–H and O–H groups in total. The minimum absolute atomic E-state index is 0.606. The van der Waals surface area contributed by atoms with Crippen LogP contribution in [-0.4, -0.2) is 24.2 Å². The number of aryl methyl sites for hydroxylation is 2. The monoisotopic (exact) mass is 374 g/mol. The maximum atomic E-state index is 5.36. The standard InChI is InChI=1S/C12H12Br2N2O2/c1-5-6(2)16-10-8(14)12(18-4)11(17-3)7(13)9(10)15-5/h1-4H3. The number of hydrogen-bond donors (Lipinski definition) is 0. The molecule has 0 unspecified atom stereocenters. The van der Waals surface area contributed by atoms with Crippen molar-refractivity contribution in [2.24, 2.45) is 0 Å². The predicted molar refractivity (Wildman–Crippen MR) is 77.5 cm³/mol. The Labute approximate surface area is 122 Å². The van der Waals surface area contributed by atoms with E-state index in [1.165, 1.54) is 0 Å². The molecular weight excluding hydrogens is 364 g/mol. The second-order valence-electron chi connectivity index (χ2n) is 3.79. The summed E-state index contributed by atoms with van der Waals surface area (Å²) in [6.07, 6.45) is 0. The van der Waals surface area contributed by atoms with Gasteiger partial charge in [-0.05, 0) is 45.7 Å². The SMILES string of the molecule is COc1c(OC)c(Br)c2nc(C)c(C)nc2c1Br. The average Bonchev–Trinajstić information content (AvgIpc) is 2.35. The Kier molecular flexibility index (Phi) is 3.77. The van der Waals surface area contributed by atoms with Crippen LogP contribution >= 0.6 is 31.9 Å². The van der Waals surface area contributed by atoms with Gasteiger partial charge in [0.2, 0.25) is 0 Å². The van der Waals surface area contributed by atoms with Crippen LogP contribution in [0, 0.1) is 13.8 Å². The molecular formula is C12H12Br2N2O2. The highest BCUT2D eigenvalue weighted by Crippen LogP contribution is 2.46. The lowest BCUT2D eigenvalue weighted by Gasteiger charge is -2.14. The molecule has 18 heavy (non-hydrogen) atoms. The Hall–Kier alpha value is -0.880. The Bertz CT molecular complexity index is 575. The summed E-state index contributed by atoms with van der Waals surface area (Å²) in [5.41, 5.74) is 3.29. The van der Waals surface area contributed by atoms with Crippen molar-refractivity contribution < 1.29 is 9.47 Å². The number of aromatic nitrogens is 2. The first kappa shape index (κ1) is 13.5. The van der Waals surface area contributed by atoms with Crippen LogP contribution in [0.25, 0.3) is 11.0 Å². The first-order chi connectivity index (χ1) is 8.51. The number of methoxy groups -OCH3 is 2. The van der Waals surface area contributed by atoms with E-state index in [-0.39, 0.29) is 0 Å². The van der Waals surface area contributed by atoms with Crippen molar-refractivity contribution in [1.82, 2.24) is 9.97 Å². The molecule has 0 fully saturated rings. The maximum absolute atomic E-state index is 5.36. The number of ether oxygens (including phenoxy) is 2. The van der Waals surface area contributed by atoms with Crippen molar-refractivity contribution in [1.29, 1.82) is 0 Å². The normalized spacial score (nSPS) is 10.8. The van der Waals surface area contributed by atoms with Gasteiger partial charge in [-0.2, -0.15) is 0 Å². The molecule has 1 heterocycles. The summed E-state index contributed by atoms with van der Waals surface area (Å²) in [5, 5.41) is 0. The first-order valence-electron chi connectivity index (χ1n) is 5.25. The topological polar surface area (TPSA) is 44.2 Å². The van der Waals surface area contributed by atoms with Gasteiger partial charge in [-0.25, -0.2) is 9.97 Å². The highest BCUT2D eigenvalue weighted by molar-refractivity contribution is 9.11. The zero-order chi connectivity index (χ0) is 13.4. The molecule has 0 saturated carbocycles. The molecule has 6 heteroatoms. The fraction of sp³-hybridized carbons (Fsp3) is 0.333. The molecule has 96 valence electrons. The molecule has 0 saturated heterocycles. The van der Waals surface area contributed by atoms with Gasteiger partial charge in [0.1, 0.15) is 11.0 Å². The summed E-state index contributed by atoms with van der Waals surface area (Å²) >= 11 is 7.00. The van der Waals surface area contributed by atoms with Crippen LogP contribution in [0.4, 0.5) is 0 Å². The average molecular weight is 376 g/mol. The molecule has 2 aromatic rings. The zero-order valence-electron chi connectivity index (χ0n) is 10.5. The van der Waals surface area contributed by atoms with Crippen LogP contribution in [0.2, 0.25) is 0 Å². The molecule has 0 amide bonds. The summed E-state index contributed by atoms with van der Waals surface area (Å²) in [6, 6.07) is 0. The lowest BCUT2D eigenvalue weighted by molar-refractivity contribution is 0.352. The highest BCUT2D eigenvalue weighted by atomic mass is 79.9. The van der Waals surface area contributed by atoms with Crippen molar-refractivity contribution in [3.8, 4) is 11.5 Å². The van der Waals surface area contributed by atoms with Gasteiger partial charge in [0.15, 0.2) is 11.5 Å². The Morgan fingerprint density at radius 1 is 0.778 bits per heavy atom. The molecule has 2 rings (SSSR count). The lowest BCUT2D eigenvalue weighted by Crippen LogP contribution is -1.99. The molecule has 0 spiro atoms. The second-order valence-corrected chi connectivity index (χ2v) is 5.37. The van der Waals surface area contributed by atoms with Gasteiger partial charge in [0.25, 0.3) is 0 Å². The number of fused-ring (bicyclic) bond motifs is 1. The number of nitrogens with zero attached hydrogens (tertiary/aromatic N) is 2. The molecule has 0 aliphatic rings. The van der Waals surface area contributed by atoms with E-state index in [4.69, 9.17) is 9.47 Å². The molecule has 0 aliphatic heterocycles. The predicted octanol–water partition coefficient (Wildman–Crippen LogP) is 3.79. The molecule has 0 atom stereocenters. The minimum atomic E-state index is 0.606. The van der Waals surface area contributed by atoms with Gasteiger partial charge in [0.05, 0.1) is 34.6 Å². The van der Waals surface area contributed by atoms with E-state index in [1.807, 2.05) is 13.8 Å². The Balaban J connectivity index is 2.97.